The van der Waals surface area contributed by atoms with E-state index in [0.29, 0.717) is 0 Å². The molecule has 17 heavy (non-hydrogen) atoms. The summed E-state index contributed by atoms with van der Waals surface area (Å²) in [7, 11) is 0. The number of rotatable bonds is 4. The molecular formula is C15H30O2. The van der Waals surface area contributed by atoms with Crippen molar-refractivity contribution in [2.24, 2.45) is 5.92 Å². The molecule has 0 aromatic rings. The van der Waals surface area contributed by atoms with E-state index in [-0.39, 0.29) is 6.79 Å². The maximum atomic E-state index is 8.62. The van der Waals surface area contributed by atoms with E-state index < -0.39 is 0 Å². The largest absolute Gasteiger partial charge is 0.371 e. The Morgan fingerprint density at radius 2 is 1.24 bits per heavy atom. The SMILES string of the molecule is OCOCCC1CCCCCCCCCCC1. The molecule has 0 radical (unpaired) electrons. The number of aliphatic hydroxyl groups excluding tert-OH is 1. The summed E-state index contributed by atoms with van der Waals surface area (Å²) in [4.78, 5) is 0. The predicted octanol–water partition coefficient (Wildman–Crippen LogP) is 4.26. The summed E-state index contributed by atoms with van der Waals surface area (Å²) < 4.78 is 5.06. The van der Waals surface area contributed by atoms with Crippen LogP contribution >= 0.6 is 0 Å². The summed E-state index contributed by atoms with van der Waals surface area (Å²) in [6.07, 6.45) is 16.7. The first-order valence-corrected chi connectivity index (χ1v) is 7.62. The Hall–Kier alpha value is -0.0800. The lowest BCUT2D eigenvalue weighted by Gasteiger charge is -2.17. The lowest BCUT2D eigenvalue weighted by molar-refractivity contribution is -0.00744. The summed E-state index contributed by atoms with van der Waals surface area (Å²) in [6.45, 7) is 0.619. The quantitative estimate of drug-likeness (QED) is 0.589. The minimum absolute atomic E-state index is 0.118. The smallest absolute Gasteiger partial charge is 0.143 e. The monoisotopic (exact) mass is 242 g/mol. The van der Waals surface area contributed by atoms with Crippen LogP contribution in [0, 0.1) is 5.92 Å². The Morgan fingerprint density at radius 1 is 0.765 bits per heavy atom. The van der Waals surface area contributed by atoms with Crippen LogP contribution in [0.15, 0.2) is 0 Å². The normalized spacial score (nSPS) is 21.7. The van der Waals surface area contributed by atoms with Crippen LogP contribution in [0.1, 0.15) is 77.0 Å². The second-order valence-corrected chi connectivity index (χ2v) is 5.45. The molecule has 1 rings (SSSR count). The van der Waals surface area contributed by atoms with Crippen molar-refractivity contribution < 1.29 is 9.84 Å². The van der Waals surface area contributed by atoms with E-state index in [0.717, 1.165) is 18.9 Å². The van der Waals surface area contributed by atoms with Crippen molar-refractivity contribution in [2.45, 2.75) is 77.0 Å². The molecular weight excluding hydrogens is 212 g/mol. The van der Waals surface area contributed by atoms with E-state index in [9.17, 15) is 0 Å². The number of hydrogen-bond acceptors (Lipinski definition) is 2. The molecule has 2 nitrogen and oxygen atoms in total. The van der Waals surface area contributed by atoms with E-state index in [1.54, 1.807) is 0 Å². The van der Waals surface area contributed by atoms with Crippen LogP contribution in [0.2, 0.25) is 0 Å². The Morgan fingerprint density at radius 3 is 1.71 bits per heavy atom. The molecule has 0 aromatic heterocycles. The second-order valence-electron chi connectivity index (χ2n) is 5.45. The van der Waals surface area contributed by atoms with E-state index in [1.807, 2.05) is 0 Å². The third kappa shape index (κ3) is 8.62. The average Bonchev–Trinajstić information content (AvgIpc) is 2.32. The first kappa shape index (κ1) is 15.0. The van der Waals surface area contributed by atoms with Gasteiger partial charge in [0.05, 0.1) is 0 Å². The number of ether oxygens (including phenoxy) is 1. The maximum Gasteiger partial charge on any atom is 0.143 e. The van der Waals surface area contributed by atoms with Gasteiger partial charge in [0.1, 0.15) is 6.79 Å². The van der Waals surface area contributed by atoms with Crippen LogP contribution in [0.3, 0.4) is 0 Å². The molecule has 102 valence electrons. The summed E-state index contributed by atoms with van der Waals surface area (Å²) in [5.74, 6) is 0.834. The fourth-order valence-corrected chi connectivity index (χ4v) is 2.85. The first-order valence-electron chi connectivity index (χ1n) is 7.62. The summed E-state index contributed by atoms with van der Waals surface area (Å²) in [6, 6.07) is 0. The molecule has 0 atom stereocenters. The molecule has 0 spiro atoms. The van der Waals surface area contributed by atoms with Crippen LogP contribution in [-0.2, 0) is 4.74 Å². The predicted molar refractivity (Wildman–Crippen MR) is 71.9 cm³/mol. The van der Waals surface area contributed by atoms with Gasteiger partial charge in [-0.05, 0) is 12.3 Å². The zero-order valence-corrected chi connectivity index (χ0v) is 11.3. The Bertz CT molecular complexity index is 147. The van der Waals surface area contributed by atoms with Gasteiger partial charge in [-0.15, -0.1) is 0 Å². The third-order valence-corrected chi connectivity index (χ3v) is 3.99. The van der Waals surface area contributed by atoms with Gasteiger partial charge in [-0.25, -0.2) is 0 Å². The fourth-order valence-electron chi connectivity index (χ4n) is 2.85. The van der Waals surface area contributed by atoms with Crippen LogP contribution in [-0.4, -0.2) is 18.5 Å². The molecule has 1 aliphatic rings. The average molecular weight is 242 g/mol. The molecule has 1 fully saturated rings. The molecule has 2 heteroatoms. The highest BCUT2D eigenvalue weighted by Crippen LogP contribution is 2.23. The third-order valence-electron chi connectivity index (χ3n) is 3.99. The minimum Gasteiger partial charge on any atom is -0.371 e. The zero-order valence-electron chi connectivity index (χ0n) is 11.3. The molecule has 1 N–H and O–H groups in total. The lowest BCUT2D eigenvalue weighted by Crippen LogP contribution is -2.07. The van der Waals surface area contributed by atoms with Crippen molar-refractivity contribution in [1.82, 2.24) is 0 Å². The van der Waals surface area contributed by atoms with Crippen molar-refractivity contribution in [3.8, 4) is 0 Å². The topological polar surface area (TPSA) is 29.5 Å². The maximum absolute atomic E-state index is 8.62. The molecule has 0 unspecified atom stereocenters. The number of aliphatic hydroxyl groups is 1. The van der Waals surface area contributed by atoms with Crippen molar-refractivity contribution in [3.05, 3.63) is 0 Å². The van der Waals surface area contributed by atoms with Gasteiger partial charge in [0.2, 0.25) is 0 Å². The van der Waals surface area contributed by atoms with Crippen LogP contribution in [0.25, 0.3) is 0 Å². The van der Waals surface area contributed by atoms with E-state index in [2.05, 4.69) is 0 Å². The lowest BCUT2D eigenvalue weighted by atomic mass is 9.91. The Labute approximate surface area is 107 Å². The molecule has 1 saturated carbocycles. The summed E-state index contributed by atoms with van der Waals surface area (Å²) in [5.41, 5.74) is 0. The van der Waals surface area contributed by atoms with Crippen molar-refractivity contribution in [1.29, 1.82) is 0 Å². The minimum atomic E-state index is -0.118. The van der Waals surface area contributed by atoms with Gasteiger partial charge >= 0.3 is 0 Å². The van der Waals surface area contributed by atoms with Crippen LogP contribution in [0.4, 0.5) is 0 Å². The second kappa shape index (κ2) is 11.0. The highest BCUT2D eigenvalue weighted by molar-refractivity contribution is 4.62. The van der Waals surface area contributed by atoms with Crippen LogP contribution < -0.4 is 0 Å². The van der Waals surface area contributed by atoms with Gasteiger partial charge in [-0.1, -0.05) is 70.6 Å². The molecule has 0 aliphatic heterocycles. The molecule has 0 amide bonds. The van der Waals surface area contributed by atoms with Crippen molar-refractivity contribution >= 4 is 0 Å². The highest BCUT2D eigenvalue weighted by atomic mass is 16.6. The zero-order chi connectivity index (χ0) is 12.2. The van der Waals surface area contributed by atoms with Gasteiger partial charge in [0.15, 0.2) is 0 Å². The summed E-state index contributed by atoms with van der Waals surface area (Å²) >= 11 is 0. The first-order chi connectivity index (χ1) is 8.43. The fraction of sp³-hybridized carbons (Fsp3) is 1.00. The molecule has 0 saturated heterocycles. The van der Waals surface area contributed by atoms with E-state index >= 15 is 0 Å². The van der Waals surface area contributed by atoms with Gasteiger partial charge < -0.3 is 9.84 Å². The molecule has 0 aromatic carbocycles. The van der Waals surface area contributed by atoms with Crippen molar-refractivity contribution in [3.63, 3.8) is 0 Å². The number of hydrogen-bond donors (Lipinski definition) is 1. The van der Waals surface area contributed by atoms with Gasteiger partial charge in [0.25, 0.3) is 0 Å². The summed E-state index contributed by atoms with van der Waals surface area (Å²) in [5, 5.41) is 8.62. The Kier molecular flexibility index (Phi) is 9.72. The molecule has 0 heterocycles. The van der Waals surface area contributed by atoms with Gasteiger partial charge in [0, 0.05) is 6.61 Å². The Balaban J connectivity index is 2.17. The van der Waals surface area contributed by atoms with Crippen LogP contribution in [0.5, 0.6) is 0 Å². The highest BCUT2D eigenvalue weighted by Gasteiger charge is 2.09. The molecule has 0 bridgehead atoms. The van der Waals surface area contributed by atoms with E-state index in [4.69, 9.17) is 9.84 Å². The van der Waals surface area contributed by atoms with E-state index in [1.165, 1.54) is 70.6 Å². The standard InChI is InChI=1S/C15H30O2/c16-14-17-13-12-15-10-8-6-4-2-1-3-5-7-9-11-15/h15-16H,1-14H2. The molecule has 1 aliphatic carbocycles. The van der Waals surface area contributed by atoms with Crippen molar-refractivity contribution in [2.75, 3.05) is 13.4 Å². The van der Waals surface area contributed by atoms with Gasteiger partial charge in [-0.3, -0.25) is 0 Å². The van der Waals surface area contributed by atoms with Gasteiger partial charge in [-0.2, -0.15) is 0 Å².